The average Bonchev–Trinajstić information content (AvgIpc) is 2.99. The highest BCUT2D eigenvalue weighted by atomic mass is 35.5. The van der Waals surface area contributed by atoms with Crippen LogP contribution in [0.3, 0.4) is 0 Å². The van der Waals surface area contributed by atoms with Crippen molar-refractivity contribution < 1.29 is 14.0 Å². The van der Waals surface area contributed by atoms with E-state index in [1.807, 2.05) is 18.2 Å². The van der Waals surface area contributed by atoms with Gasteiger partial charge in [0, 0.05) is 12.5 Å². The summed E-state index contributed by atoms with van der Waals surface area (Å²) in [5.41, 5.74) is 6.93. The molecule has 1 aromatic carbocycles. The largest absolute Gasteiger partial charge is 0.497 e. The number of aromatic nitrogens is 2. The van der Waals surface area contributed by atoms with E-state index < -0.39 is 0 Å². The minimum Gasteiger partial charge on any atom is -0.497 e. The molecule has 126 valence electrons. The molecule has 6 nitrogen and oxygen atoms in total. The Morgan fingerprint density at radius 1 is 1.13 bits per heavy atom. The van der Waals surface area contributed by atoms with Crippen molar-refractivity contribution in [3.63, 3.8) is 0 Å². The quantitative estimate of drug-likeness (QED) is 0.871. The van der Waals surface area contributed by atoms with Crippen LogP contribution in [0.5, 0.6) is 11.5 Å². The molecule has 1 aromatic heterocycles. The summed E-state index contributed by atoms with van der Waals surface area (Å²) in [4.78, 5) is 4.44. The third-order valence-electron chi connectivity index (χ3n) is 4.20. The summed E-state index contributed by atoms with van der Waals surface area (Å²) in [5, 5.41) is 4.03. The van der Waals surface area contributed by atoms with E-state index >= 15 is 0 Å². The Labute approximate surface area is 141 Å². The van der Waals surface area contributed by atoms with E-state index in [0.29, 0.717) is 18.1 Å². The van der Waals surface area contributed by atoms with Gasteiger partial charge in [-0.3, -0.25) is 0 Å². The van der Waals surface area contributed by atoms with Crippen molar-refractivity contribution in [3.05, 3.63) is 35.5 Å². The monoisotopic (exact) mass is 339 g/mol. The van der Waals surface area contributed by atoms with Crippen molar-refractivity contribution in [3.8, 4) is 11.5 Å². The summed E-state index contributed by atoms with van der Waals surface area (Å²) in [6.07, 6.45) is 4.42. The van der Waals surface area contributed by atoms with Crippen LogP contribution in [0.4, 0.5) is 0 Å². The molecule has 0 bridgehead atoms. The normalized spacial score (nSPS) is 15.4. The van der Waals surface area contributed by atoms with Crippen molar-refractivity contribution in [1.29, 1.82) is 0 Å². The standard InChI is InChI=1S/C16H21N3O3.ClH/c1-20-12-8-11(9-13(10-12)21-2)4-5-14-18-15(19-22-14)16(17)6-3-7-16;/h8-10H,3-7,17H2,1-2H3;1H. The van der Waals surface area contributed by atoms with Crippen molar-refractivity contribution in [2.75, 3.05) is 14.2 Å². The SMILES string of the molecule is COc1cc(CCc2nc(C3(N)CCC3)no2)cc(OC)c1.Cl. The molecule has 7 heteroatoms. The first-order valence-electron chi connectivity index (χ1n) is 7.47. The van der Waals surface area contributed by atoms with Gasteiger partial charge in [0.1, 0.15) is 11.5 Å². The fraction of sp³-hybridized carbons (Fsp3) is 0.500. The molecule has 0 unspecified atom stereocenters. The number of hydrogen-bond acceptors (Lipinski definition) is 6. The third kappa shape index (κ3) is 3.76. The maximum atomic E-state index is 6.20. The zero-order chi connectivity index (χ0) is 15.6. The molecule has 0 radical (unpaired) electrons. The molecule has 0 saturated heterocycles. The minimum atomic E-state index is -0.374. The summed E-state index contributed by atoms with van der Waals surface area (Å²) in [7, 11) is 3.28. The summed E-state index contributed by atoms with van der Waals surface area (Å²) in [6.45, 7) is 0. The summed E-state index contributed by atoms with van der Waals surface area (Å²) >= 11 is 0. The van der Waals surface area contributed by atoms with Crippen LogP contribution in [0.15, 0.2) is 22.7 Å². The molecule has 1 heterocycles. The van der Waals surface area contributed by atoms with Gasteiger partial charge in [0.15, 0.2) is 5.82 Å². The van der Waals surface area contributed by atoms with Crippen LogP contribution >= 0.6 is 12.4 Å². The number of methoxy groups -OCH3 is 2. The zero-order valence-corrected chi connectivity index (χ0v) is 14.2. The van der Waals surface area contributed by atoms with Crippen LogP contribution in [0.1, 0.15) is 36.5 Å². The van der Waals surface area contributed by atoms with E-state index in [0.717, 1.165) is 42.7 Å². The number of rotatable bonds is 6. The van der Waals surface area contributed by atoms with Gasteiger partial charge in [-0.15, -0.1) is 12.4 Å². The number of aryl methyl sites for hydroxylation is 2. The van der Waals surface area contributed by atoms with Crippen LogP contribution in [-0.4, -0.2) is 24.4 Å². The van der Waals surface area contributed by atoms with E-state index in [1.165, 1.54) is 0 Å². The molecule has 0 amide bonds. The first kappa shape index (κ1) is 17.6. The van der Waals surface area contributed by atoms with Crippen LogP contribution < -0.4 is 15.2 Å². The number of halogens is 1. The lowest BCUT2D eigenvalue weighted by Crippen LogP contribution is -2.44. The zero-order valence-electron chi connectivity index (χ0n) is 13.4. The Morgan fingerprint density at radius 2 is 1.78 bits per heavy atom. The Balaban J connectivity index is 0.00000192. The number of nitrogens with two attached hydrogens (primary N) is 1. The van der Waals surface area contributed by atoms with Crippen molar-refractivity contribution >= 4 is 12.4 Å². The summed E-state index contributed by atoms with van der Waals surface area (Å²) < 4.78 is 15.9. The second-order valence-electron chi connectivity index (χ2n) is 5.74. The Bertz CT molecular complexity index is 634. The Morgan fingerprint density at radius 3 is 2.30 bits per heavy atom. The first-order valence-corrected chi connectivity index (χ1v) is 7.47. The molecule has 1 aliphatic carbocycles. The maximum absolute atomic E-state index is 6.20. The van der Waals surface area contributed by atoms with Gasteiger partial charge < -0.3 is 19.7 Å². The van der Waals surface area contributed by atoms with Gasteiger partial charge >= 0.3 is 0 Å². The third-order valence-corrected chi connectivity index (χ3v) is 4.20. The number of hydrogen-bond donors (Lipinski definition) is 1. The fourth-order valence-electron chi connectivity index (χ4n) is 2.60. The van der Waals surface area contributed by atoms with E-state index in [4.69, 9.17) is 19.7 Å². The molecule has 0 spiro atoms. The van der Waals surface area contributed by atoms with Gasteiger partial charge in [-0.1, -0.05) is 5.16 Å². The number of ether oxygens (including phenoxy) is 2. The van der Waals surface area contributed by atoms with E-state index in [2.05, 4.69) is 10.1 Å². The van der Waals surface area contributed by atoms with Gasteiger partial charge in [-0.2, -0.15) is 4.98 Å². The second kappa shape index (κ2) is 7.19. The molecule has 2 aromatic rings. The lowest BCUT2D eigenvalue weighted by Gasteiger charge is -2.34. The van der Waals surface area contributed by atoms with E-state index in [1.54, 1.807) is 14.2 Å². The topological polar surface area (TPSA) is 83.4 Å². The van der Waals surface area contributed by atoms with E-state index in [-0.39, 0.29) is 17.9 Å². The molecule has 2 N–H and O–H groups in total. The van der Waals surface area contributed by atoms with Gasteiger partial charge in [0.25, 0.3) is 0 Å². The molecule has 1 fully saturated rings. The average molecular weight is 340 g/mol. The summed E-state index contributed by atoms with van der Waals surface area (Å²) in [6, 6.07) is 5.81. The van der Waals surface area contributed by atoms with Crippen molar-refractivity contribution in [1.82, 2.24) is 10.1 Å². The minimum absolute atomic E-state index is 0. The van der Waals surface area contributed by atoms with Gasteiger partial charge in [-0.25, -0.2) is 0 Å². The molecular formula is C16H22ClN3O3. The van der Waals surface area contributed by atoms with Gasteiger partial charge in [-0.05, 0) is 43.4 Å². The Hall–Kier alpha value is -1.79. The number of nitrogens with zero attached hydrogens (tertiary/aromatic N) is 2. The smallest absolute Gasteiger partial charge is 0.227 e. The van der Waals surface area contributed by atoms with Crippen LogP contribution in [0, 0.1) is 0 Å². The second-order valence-corrected chi connectivity index (χ2v) is 5.74. The molecular weight excluding hydrogens is 318 g/mol. The van der Waals surface area contributed by atoms with Crippen LogP contribution in [0.2, 0.25) is 0 Å². The van der Waals surface area contributed by atoms with Crippen LogP contribution in [-0.2, 0) is 18.4 Å². The van der Waals surface area contributed by atoms with E-state index in [9.17, 15) is 0 Å². The molecule has 1 saturated carbocycles. The highest BCUT2D eigenvalue weighted by Crippen LogP contribution is 2.36. The molecule has 1 aliphatic rings. The first-order chi connectivity index (χ1) is 10.6. The highest BCUT2D eigenvalue weighted by Gasteiger charge is 2.38. The number of benzene rings is 1. The predicted molar refractivity (Wildman–Crippen MR) is 88.2 cm³/mol. The van der Waals surface area contributed by atoms with Crippen molar-refractivity contribution in [2.45, 2.75) is 37.6 Å². The van der Waals surface area contributed by atoms with Crippen molar-refractivity contribution in [2.24, 2.45) is 5.73 Å². The lowest BCUT2D eigenvalue weighted by atomic mass is 9.77. The van der Waals surface area contributed by atoms with Gasteiger partial charge in [0.2, 0.25) is 5.89 Å². The highest BCUT2D eigenvalue weighted by molar-refractivity contribution is 5.85. The van der Waals surface area contributed by atoms with Crippen LogP contribution in [0.25, 0.3) is 0 Å². The molecule has 0 atom stereocenters. The molecule has 3 rings (SSSR count). The Kier molecular flexibility index (Phi) is 5.49. The molecule has 0 aliphatic heterocycles. The van der Waals surface area contributed by atoms with Gasteiger partial charge in [0.05, 0.1) is 19.8 Å². The maximum Gasteiger partial charge on any atom is 0.227 e. The predicted octanol–water partition coefficient (Wildman–Crippen LogP) is 2.63. The summed E-state index contributed by atoms with van der Waals surface area (Å²) in [5.74, 6) is 2.80. The lowest BCUT2D eigenvalue weighted by molar-refractivity contribution is 0.229. The molecule has 23 heavy (non-hydrogen) atoms. The fourth-order valence-corrected chi connectivity index (χ4v) is 2.60.